The summed E-state index contributed by atoms with van der Waals surface area (Å²) in [4.78, 5) is 2.76. The molecule has 1 spiro atoms. The number of hydrogen-bond acceptors (Lipinski definition) is 1. The molecular formula is C11H19N. The Morgan fingerprint density at radius 1 is 0.917 bits per heavy atom. The molecule has 3 fully saturated rings. The van der Waals surface area contributed by atoms with Crippen molar-refractivity contribution in [2.45, 2.75) is 51.0 Å². The highest BCUT2D eigenvalue weighted by atomic mass is 15.2. The number of rotatable bonds is 1. The molecule has 3 aliphatic rings. The van der Waals surface area contributed by atoms with Crippen LogP contribution in [-0.2, 0) is 0 Å². The zero-order valence-electron chi connectivity index (χ0n) is 7.89. The van der Waals surface area contributed by atoms with Gasteiger partial charge in [0.25, 0.3) is 0 Å². The van der Waals surface area contributed by atoms with E-state index in [9.17, 15) is 0 Å². The van der Waals surface area contributed by atoms with Gasteiger partial charge in [-0.15, -0.1) is 0 Å². The van der Waals surface area contributed by atoms with Crippen molar-refractivity contribution in [2.75, 3.05) is 13.1 Å². The molecule has 1 heterocycles. The van der Waals surface area contributed by atoms with Gasteiger partial charge in [0.1, 0.15) is 0 Å². The molecule has 0 N–H and O–H groups in total. The van der Waals surface area contributed by atoms with Crippen molar-refractivity contribution in [3.05, 3.63) is 0 Å². The maximum absolute atomic E-state index is 2.76. The Morgan fingerprint density at radius 3 is 2.17 bits per heavy atom. The molecule has 2 aliphatic carbocycles. The maximum Gasteiger partial charge on any atom is 0.00957 e. The van der Waals surface area contributed by atoms with Crippen molar-refractivity contribution in [1.82, 2.24) is 4.90 Å². The molecule has 0 aromatic rings. The molecule has 0 unspecified atom stereocenters. The average molecular weight is 165 g/mol. The van der Waals surface area contributed by atoms with Crippen LogP contribution < -0.4 is 0 Å². The minimum Gasteiger partial charge on any atom is -0.299 e. The average Bonchev–Trinajstić information content (AvgIpc) is 2.82. The van der Waals surface area contributed by atoms with Crippen LogP contribution in [0.3, 0.4) is 0 Å². The summed E-state index contributed by atoms with van der Waals surface area (Å²) in [5.74, 6) is 0. The van der Waals surface area contributed by atoms with E-state index in [-0.39, 0.29) is 0 Å². The van der Waals surface area contributed by atoms with E-state index in [0.29, 0.717) is 0 Å². The van der Waals surface area contributed by atoms with Crippen molar-refractivity contribution in [1.29, 1.82) is 0 Å². The molecule has 3 rings (SSSR count). The zero-order chi connectivity index (χ0) is 8.02. The fourth-order valence-electron chi connectivity index (χ4n) is 3.01. The smallest absolute Gasteiger partial charge is 0.00957 e. The van der Waals surface area contributed by atoms with Gasteiger partial charge in [-0.1, -0.05) is 19.3 Å². The van der Waals surface area contributed by atoms with E-state index in [0.717, 1.165) is 11.5 Å². The minimum atomic E-state index is 0.872. The quantitative estimate of drug-likeness (QED) is 0.577. The fraction of sp³-hybridized carbons (Fsp3) is 1.00. The third-order valence-electron chi connectivity index (χ3n) is 4.13. The fourth-order valence-corrected chi connectivity index (χ4v) is 3.01. The summed E-state index contributed by atoms with van der Waals surface area (Å²) in [6.07, 6.45) is 10.6. The second-order valence-electron chi connectivity index (χ2n) is 5.20. The van der Waals surface area contributed by atoms with E-state index in [1.807, 2.05) is 0 Å². The molecule has 0 atom stereocenters. The highest BCUT2D eigenvalue weighted by molar-refractivity contribution is 5.06. The van der Waals surface area contributed by atoms with Crippen LogP contribution in [0.1, 0.15) is 44.9 Å². The van der Waals surface area contributed by atoms with Crippen molar-refractivity contribution in [3.8, 4) is 0 Å². The summed E-state index contributed by atoms with van der Waals surface area (Å²) >= 11 is 0. The molecule has 68 valence electrons. The lowest BCUT2D eigenvalue weighted by molar-refractivity contribution is 0.0206. The Morgan fingerprint density at radius 2 is 1.58 bits per heavy atom. The van der Waals surface area contributed by atoms with E-state index < -0.39 is 0 Å². The second kappa shape index (κ2) is 2.47. The first-order chi connectivity index (χ1) is 5.88. The van der Waals surface area contributed by atoms with Gasteiger partial charge in [0.2, 0.25) is 0 Å². The van der Waals surface area contributed by atoms with E-state index >= 15 is 0 Å². The van der Waals surface area contributed by atoms with Crippen molar-refractivity contribution < 1.29 is 0 Å². The number of hydrogen-bond donors (Lipinski definition) is 0. The molecule has 1 aliphatic heterocycles. The maximum atomic E-state index is 2.76. The molecule has 12 heavy (non-hydrogen) atoms. The molecule has 0 aromatic carbocycles. The highest BCUT2D eigenvalue weighted by Gasteiger charge is 2.53. The van der Waals surface area contributed by atoms with Crippen LogP contribution >= 0.6 is 0 Å². The van der Waals surface area contributed by atoms with E-state index in [1.165, 1.54) is 58.0 Å². The largest absolute Gasteiger partial charge is 0.299 e. The van der Waals surface area contributed by atoms with Crippen LogP contribution in [0, 0.1) is 5.41 Å². The number of likely N-dealkylation sites (tertiary alicyclic amines) is 1. The Kier molecular flexibility index (Phi) is 1.52. The van der Waals surface area contributed by atoms with Gasteiger partial charge in [-0.3, -0.25) is 4.90 Å². The van der Waals surface area contributed by atoms with Crippen LogP contribution in [-0.4, -0.2) is 24.0 Å². The van der Waals surface area contributed by atoms with Crippen LogP contribution in [0.15, 0.2) is 0 Å². The summed E-state index contributed by atoms with van der Waals surface area (Å²) in [7, 11) is 0. The summed E-state index contributed by atoms with van der Waals surface area (Å²) in [5.41, 5.74) is 0.872. The molecule has 0 bridgehead atoms. The lowest BCUT2D eigenvalue weighted by Gasteiger charge is -2.46. The van der Waals surface area contributed by atoms with E-state index in [4.69, 9.17) is 0 Å². The summed E-state index contributed by atoms with van der Waals surface area (Å²) in [6, 6.07) is 0.991. The van der Waals surface area contributed by atoms with Crippen molar-refractivity contribution in [2.24, 2.45) is 5.41 Å². The summed E-state index contributed by atoms with van der Waals surface area (Å²) < 4.78 is 0. The molecule has 2 saturated carbocycles. The van der Waals surface area contributed by atoms with Gasteiger partial charge in [-0.25, -0.2) is 0 Å². The molecule has 0 aromatic heterocycles. The van der Waals surface area contributed by atoms with Crippen LogP contribution in [0.5, 0.6) is 0 Å². The van der Waals surface area contributed by atoms with Gasteiger partial charge >= 0.3 is 0 Å². The number of nitrogens with zero attached hydrogens (tertiary/aromatic N) is 1. The zero-order valence-corrected chi connectivity index (χ0v) is 7.89. The SMILES string of the molecule is C1CCC(N2CC3(CC3)C2)CC1. The standard InChI is InChI=1S/C11H19N/c1-2-4-10(5-3-1)12-8-11(9-12)6-7-11/h10H,1-9H2. The van der Waals surface area contributed by atoms with Gasteiger partial charge in [-0.05, 0) is 31.1 Å². The highest BCUT2D eigenvalue weighted by Crippen LogP contribution is 2.54. The molecule has 1 saturated heterocycles. The third-order valence-corrected chi connectivity index (χ3v) is 4.13. The van der Waals surface area contributed by atoms with Crippen LogP contribution in [0.2, 0.25) is 0 Å². The van der Waals surface area contributed by atoms with Gasteiger partial charge in [0.15, 0.2) is 0 Å². The monoisotopic (exact) mass is 165 g/mol. The molecular weight excluding hydrogens is 146 g/mol. The minimum absolute atomic E-state index is 0.872. The second-order valence-corrected chi connectivity index (χ2v) is 5.20. The van der Waals surface area contributed by atoms with Crippen molar-refractivity contribution >= 4 is 0 Å². The van der Waals surface area contributed by atoms with Gasteiger partial charge in [-0.2, -0.15) is 0 Å². The lowest BCUT2D eigenvalue weighted by atomic mass is 9.87. The van der Waals surface area contributed by atoms with E-state index in [1.54, 1.807) is 0 Å². The predicted molar refractivity (Wildman–Crippen MR) is 50.1 cm³/mol. The third kappa shape index (κ3) is 1.10. The molecule has 1 heteroatoms. The Labute approximate surface area is 75.1 Å². The molecule has 0 amide bonds. The van der Waals surface area contributed by atoms with E-state index in [2.05, 4.69) is 4.90 Å². The topological polar surface area (TPSA) is 3.24 Å². The summed E-state index contributed by atoms with van der Waals surface area (Å²) in [6.45, 7) is 2.91. The Hall–Kier alpha value is -0.0400. The Bertz CT molecular complexity index is 169. The van der Waals surface area contributed by atoms with Gasteiger partial charge < -0.3 is 0 Å². The normalized spacial score (nSPS) is 35.0. The summed E-state index contributed by atoms with van der Waals surface area (Å²) in [5, 5.41) is 0. The lowest BCUT2D eigenvalue weighted by Crippen LogP contribution is -2.53. The van der Waals surface area contributed by atoms with Crippen LogP contribution in [0.4, 0.5) is 0 Å². The van der Waals surface area contributed by atoms with Gasteiger partial charge in [0.05, 0.1) is 0 Å². The van der Waals surface area contributed by atoms with Crippen LogP contribution in [0.25, 0.3) is 0 Å². The van der Waals surface area contributed by atoms with Crippen molar-refractivity contribution in [3.63, 3.8) is 0 Å². The molecule has 0 radical (unpaired) electrons. The first kappa shape index (κ1) is 7.37. The first-order valence-electron chi connectivity index (χ1n) is 5.62. The van der Waals surface area contributed by atoms with Gasteiger partial charge in [0, 0.05) is 19.1 Å². The predicted octanol–water partition coefficient (Wildman–Crippen LogP) is 2.41. The first-order valence-corrected chi connectivity index (χ1v) is 5.62. The molecule has 1 nitrogen and oxygen atoms in total. The Balaban J connectivity index is 1.53.